The van der Waals surface area contributed by atoms with E-state index in [1.807, 2.05) is 0 Å². The Labute approximate surface area is 156 Å². The van der Waals surface area contributed by atoms with E-state index >= 15 is 0 Å². The molecule has 0 bridgehead atoms. The molecule has 0 unspecified atom stereocenters. The molecule has 2 aromatic carbocycles. The summed E-state index contributed by atoms with van der Waals surface area (Å²) in [6.07, 6.45) is 4.09. The van der Waals surface area contributed by atoms with Crippen molar-refractivity contribution in [3.8, 4) is 0 Å². The molecule has 0 aliphatic heterocycles. The Hall–Kier alpha value is -0.640. The number of aryl methyl sites for hydroxylation is 2. The van der Waals surface area contributed by atoms with E-state index in [1.54, 1.807) is 0 Å². The Morgan fingerprint density at radius 1 is 0.696 bits per heavy atom. The molecule has 2 aromatic rings. The second kappa shape index (κ2) is 9.61. The summed E-state index contributed by atoms with van der Waals surface area (Å²) in [5.74, 6) is 0. The molecule has 0 aliphatic carbocycles. The summed E-state index contributed by atoms with van der Waals surface area (Å²) in [6.45, 7) is 5.97. The van der Waals surface area contributed by atoms with E-state index in [4.69, 9.17) is 4.74 Å². The molecule has 0 saturated carbocycles. The van der Waals surface area contributed by atoms with Gasteiger partial charge in [0.15, 0.2) is 0 Å². The largest absolute Gasteiger partial charge is 0.381 e. The summed E-state index contributed by atoms with van der Waals surface area (Å²) >= 11 is 7.08. The Morgan fingerprint density at radius 3 is 1.52 bits per heavy atom. The van der Waals surface area contributed by atoms with Gasteiger partial charge in [0.1, 0.15) is 0 Å². The monoisotopic (exact) mass is 438 g/mol. The fourth-order valence-electron chi connectivity index (χ4n) is 2.80. The molecule has 0 radical (unpaired) electrons. The van der Waals surface area contributed by atoms with Gasteiger partial charge in [0, 0.05) is 8.95 Å². The van der Waals surface area contributed by atoms with Crippen LogP contribution in [-0.2, 0) is 30.4 Å². The third-order valence-corrected chi connectivity index (χ3v) is 5.12. The quantitative estimate of drug-likeness (QED) is 0.449. The van der Waals surface area contributed by atoms with E-state index in [1.165, 1.54) is 22.3 Å². The zero-order chi connectivity index (χ0) is 16.7. The summed E-state index contributed by atoms with van der Waals surface area (Å²) in [6, 6.07) is 13.1. The molecule has 1 nitrogen and oxygen atoms in total. The number of hydrogen-bond donors (Lipinski definition) is 0. The fraction of sp³-hybridized carbons (Fsp3) is 0.400. The Kier molecular flexibility index (Phi) is 7.81. The third kappa shape index (κ3) is 5.74. The summed E-state index contributed by atoms with van der Waals surface area (Å²) in [7, 11) is 0. The standard InChI is InChI=1S/C20H24Br2O/c1-3-15-13-19(21)7-5-17(15)9-11-23-12-10-18-6-8-20(22)14-16(18)4-2/h5-8,13-14H,3-4,9-12H2,1-2H3. The predicted octanol–water partition coefficient (Wildman–Crippen LogP) is 6.14. The molecule has 0 heterocycles. The van der Waals surface area contributed by atoms with Gasteiger partial charge in [-0.2, -0.15) is 0 Å². The first-order valence-electron chi connectivity index (χ1n) is 8.26. The van der Waals surface area contributed by atoms with E-state index in [-0.39, 0.29) is 0 Å². The molecule has 124 valence electrons. The molecule has 23 heavy (non-hydrogen) atoms. The Balaban J connectivity index is 1.80. The molecule has 0 saturated heterocycles. The first-order chi connectivity index (χ1) is 11.1. The zero-order valence-corrected chi connectivity index (χ0v) is 17.0. The van der Waals surface area contributed by atoms with Crippen molar-refractivity contribution < 1.29 is 4.74 Å². The van der Waals surface area contributed by atoms with Gasteiger partial charge >= 0.3 is 0 Å². The number of benzene rings is 2. The SMILES string of the molecule is CCc1cc(Br)ccc1CCOCCc1ccc(Br)cc1CC. The van der Waals surface area contributed by atoms with Crippen molar-refractivity contribution in [2.24, 2.45) is 0 Å². The maximum Gasteiger partial charge on any atom is 0.0506 e. The average molecular weight is 440 g/mol. The van der Waals surface area contributed by atoms with Crippen LogP contribution in [0.15, 0.2) is 45.3 Å². The molecule has 0 aromatic heterocycles. The lowest BCUT2D eigenvalue weighted by Crippen LogP contribution is -2.05. The Morgan fingerprint density at radius 2 is 1.13 bits per heavy atom. The van der Waals surface area contributed by atoms with Crippen LogP contribution in [0.5, 0.6) is 0 Å². The molecule has 0 fully saturated rings. The van der Waals surface area contributed by atoms with E-state index in [0.717, 1.165) is 47.8 Å². The minimum Gasteiger partial charge on any atom is -0.381 e. The lowest BCUT2D eigenvalue weighted by atomic mass is 10.0. The van der Waals surface area contributed by atoms with Crippen molar-refractivity contribution in [3.05, 3.63) is 67.6 Å². The van der Waals surface area contributed by atoms with Crippen LogP contribution in [0.25, 0.3) is 0 Å². The number of halogens is 2. The molecule has 3 heteroatoms. The maximum absolute atomic E-state index is 5.88. The van der Waals surface area contributed by atoms with E-state index in [0.29, 0.717) is 0 Å². The van der Waals surface area contributed by atoms with Gasteiger partial charge in [0.25, 0.3) is 0 Å². The maximum atomic E-state index is 5.88. The second-order valence-corrected chi connectivity index (χ2v) is 7.48. The highest BCUT2D eigenvalue weighted by atomic mass is 79.9. The van der Waals surface area contributed by atoms with Crippen LogP contribution < -0.4 is 0 Å². The molecular weight excluding hydrogens is 416 g/mol. The van der Waals surface area contributed by atoms with Crippen molar-refractivity contribution >= 4 is 31.9 Å². The average Bonchev–Trinajstić information content (AvgIpc) is 2.56. The first-order valence-corrected chi connectivity index (χ1v) is 9.85. The zero-order valence-electron chi connectivity index (χ0n) is 13.9. The summed E-state index contributed by atoms with van der Waals surface area (Å²) in [5, 5.41) is 0. The van der Waals surface area contributed by atoms with Gasteiger partial charge in [-0.05, 0) is 72.2 Å². The van der Waals surface area contributed by atoms with Gasteiger partial charge < -0.3 is 4.74 Å². The Bertz CT molecular complexity index is 582. The molecule has 2 rings (SSSR count). The molecule has 0 atom stereocenters. The highest BCUT2D eigenvalue weighted by molar-refractivity contribution is 9.10. The van der Waals surface area contributed by atoms with Gasteiger partial charge in [-0.1, -0.05) is 57.8 Å². The van der Waals surface area contributed by atoms with Crippen molar-refractivity contribution in [1.29, 1.82) is 0 Å². The van der Waals surface area contributed by atoms with Crippen LogP contribution in [0.3, 0.4) is 0 Å². The molecule has 0 amide bonds. The second-order valence-electron chi connectivity index (χ2n) is 5.65. The predicted molar refractivity (Wildman–Crippen MR) is 105 cm³/mol. The topological polar surface area (TPSA) is 9.23 Å². The van der Waals surface area contributed by atoms with Crippen molar-refractivity contribution in [3.63, 3.8) is 0 Å². The highest BCUT2D eigenvalue weighted by Gasteiger charge is 2.04. The number of hydrogen-bond acceptors (Lipinski definition) is 1. The van der Waals surface area contributed by atoms with Crippen LogP contribution in [-0.4, -0.2) is 13.2 Å². The summed E-state index contributed by atoms with van der Waals surface area (Å²) in [5.41, 5.74) is 5.61. The molecular formula is C20H24Br2O. The normalized spacial score (nSPS) is 11.0. The van der Waals surface area contributed by atoms with Crippen LogP contribution in [0.2, 0.25) is 0 Å². The smallest absolute Gasteiger partial charge is 0.0506 e. The van der Waals surface area contributed by atoms with Gasteiger partial charge in [-0.25, -0.2) is 0 Å². The van der Waals surface area contributed by atoms with E-state index in [9.17, 15) is 0 Å². The minimum atomic E-state index is 0.784. The summed E-state index contributed by atoms with van der Waals surface area (Å²) in [4.78, 5) is 0. The molecule has 0 aliphatic rings. The number of ether oxygens (including phenoxy) is 1. The van der Waals surface area contributed by atoms with Crippen LogP contribution in [0.1, 0.15) is 36.1 Å². The van der Waals surface area contributed by atoms with Crippen molar-refractivity contribution in [1.82, 2.24) is 0 Å². The minimum absolute atomic E-state index is 0.784. The lowest BCUT2D eigenvalue weighted by molar-refractivity contribution is 0.140. The fourth-order valence-corrected chi connectivity index (χ4v) is 3.62. The molecule has 0 spiro atoms. The van der Waals surface area contributed by atoms with E-state index < -0.39 is 0 Å². The van der Waals surface area contributed by atoms with Crippen LogP contribution in [0, 0.1) is 0 Å². The lowest BCUT2D eigenvalue weighted by Gasteiger charge is -2.11. The van der Waals surface area contributed by atoms with Gasteiger partial charge in [-0.15, -0.1) is 0 Å². The van der Waals surface area contributed by atoms with Crippen LogP contribution in [0.4, 0.5) is 0 Å². The molecule has 0 N–H and O–H groups in total. The van der Waals surface area contributed by atoms with E-state index in [2.05, 4.69) is 82.1 Å². The number of rotatable bonds is 8. The third-order valence-electron chi connectivity index (χ3n) is 4.13. The first kappa shape index (κ1) is 18.7. The van der Waals surface area contributed by atoms with Crippen molar-refractivity contribution in [2.75, 3.05) is 13.2 Å². The van der Waals surface area contributed by atoms with Crippen LogP contribution >= 0.6 is 31.9 Å². The highest BCUT2D eigenvalue weighted by Crippen LogP contribution is 2.19. The summed E-state index contributed by atoms with van der Waals surface area (Å²) < 4.78 is 8.19. The van der Waals surface area contributed by atoms with Crippen molar-refractivity contribution in [2.45, 2.75) is 39.5 Å². The van der Waals surface area contributed by atoms with Gasteiger partial charge in [-0.3, -0.25) is 0 Å². The van der Waals surface area contributed by atoms with Gasteiger partial charge in [0.05, 0.1) is 13.2 Å². The van der Waals surface area contributed by atoms with Gasteiger partial charge in [0.2, 0.25) is 0 Å².